The maximum Gasteiger partial charge on any atom is 0.358 e. The van der Waals surface area contributed by atoms with Gasteiger partial charge >= 0.3 is 5.97 Å². The Labute approximate surface area is 184 Å². The number of esters is 1. The van der Waals surface area contributed by atoms with E-state index in [1.165, 1.54) is 7.11 Å². The van der Waals surface area contributed by atoms with Crippen LogP contribution in [0.2, 0.25) is 5.02 Å². The van der Waals surface area contributed by atoms with Crippen LogP contribution in [0.15, 0.2) is 91.0 Å². The molecule has 0 fully saturated rings. The van der Waals surface area contributed by atoms with Crippen LogP contribution in [0.5, 0.6) is 0 Å². The lowest BCUT2D eigenvalue weighted by atomic mass is 9.97. The van der Waals surface area contributed by atoms with Crippen LogP contribution in [0.25, 0.3) is 11.3 Å². The van der Waals surface area contributed by atoms with Gasteiger partial charge in [0.25, 0.3) is 0 Å². The van der Waals surface area contributed by atoms with Crippen molar-refractivity contribution in [2.75, 3.05) is 7.11 Å². The second kappa shape index (κ2) is 8.98. The second-order valence-corrected chi connectivity index (χ2v) is 7.34. The van der Waals surface area contributed by atoms with Gasteiger partial charge in [-0.2, -0.15) is 5.10 Å². The van der Waals surface area contributed by atoms with Gasteiger partial charge in [-0.1, -0.05) is 84.4 Å². The molecule has 154 valence electrons. The highest BCUT2D eigenvalue weighted by Gasteiger charge is 2.29. The summed E-state index contributed by atoms with van der Waals surface area (Å²) in [6.45, 7) is 0. The molecule has 0 N–H and O–H groups in total. The van der Waals surface area contributed by atoms with Gasteiger partial charge in [0.15, 0.2) is 11.5 Å². The van der Waals surface area contributed by atoms with Crippen LogP contribution >= 0.6 is 11.6 Å². The Morgan fingerprint density at radius 2 is 1.52 bits per heavy atom. The minimum atomic E-state index is -0.771. The Morgan fingerprint density at radius 1 is 0.903 bits per heavy atom. The van der Waals surface area contributed by atoms with Gasteiger partial charge < -0.3 is 4.74 Å². The Hall–Kier alpha value is -3.70. The molecule has 0 amide bonds. The van der Waals surface area contributed by atoms with Crippen molar-refractivity contribution in [3.63, 3.8) is 0 Å². The lowest BCUT2D eigenvalue weighted by molar-refractivity contribution is 0.0591. The number of aromatic nitrogens is 2. The summed E-state index contributed by atoms with van der Waals surface area (Å²) in [5, 5.41) is 5.08. The summed E-state index contributed by atoms with van der Waals surface area (Å²) >= 11 is 6.06. The zero-order chi connectivity index (χ0) is 21.8. The number of Topliss-reactive ketones (excluding diaryl/α,β-unsaturated/α-hetero) is 1. The van der Waals surface area contributed by atoms with Crippen molar-refractivity contribution < 1.29 is 14.3 Å². The maximum absolute atomic E-state index is 13.6. The molecule has 4 aromatic rings. The van der Waals surface area contributed by atoms with Crippen LogP contribution in [0.3, 0.4) is 0 Å². The third-order valence-electron chi connectivity index (χ3n) is 4.94. The molecule has 1 atom stereocenters. The van der Waals surface area contributed by atoms with E-state index < -0.39 is 12.0 Å². The minimum absolute atomic E-state index is 0.120. The van der Waals surface area contributed by atoms with E-state index in [1.54, 1.807) is 35.0 Å². The van der Waals surface area contributed by atoms with Gasteiger partial charge in [0.2, 0.25) is 0 Å². The fraction of sp³-hybridized carbons (Fsp3) is 0.0800. The van der Waals surface area contributed by atoms with Crippen LogP contribution in [0.4, 0.5) is 0 Å². The zero-order valence-corrected chi connectivity index (χ0v) is 17.5. The third-order valence-corrected chi connectivity index (χ3v) is 5.19. The Morgan fingerprint density at radius 3 is 2.13 bits per heavy atom. The van der Waals surface area contributed by atoms with E-state index in [9.17, 15) is 9.59 Å². The van der Waals surface area contributed by atoms with Gasteiger partial charge in [0.1, 0.15) is 6.04 Å². The van der Waals surface area contributed by atoms with Crippen LogP contribution < -0.4 is 0 Å². The molecule has 0 saturated carbocycles. The van der Waals surface area contributed by atoms with E-state index in [1.807, 2.05) is 60.7 Å². The lowest BCUT2D eigenvalue weighted by Crippen LogP contribution is -2.23. The van der Waals surface area contributed by atoms with Crippen molar-refractivity contribution in [1.82, 2.24) is 9.78 Å². The number of nitrogens with zero attached hydrogens (tertiary/aromatic N) is 2. The average molecular weight is 431 g/mol. The SMILES string of the molecule is COC(=O)c1cc(-c2ccc(Cl)cc2)n(C(C(=O)c2ccccc2)c2ccccc2)n1. The topological polar surface area (TPSA) is 61.2 Å². The molecule has 6 heteroatoms. The summed E-state index contributed by atoms with van der Waals surface area (Å²) < 4.78 is 6.45. The Kier molecular flexibility index (Phi) is 5.96. The first kappa shape index (κ1) is 20.6. The maximum atomic E-state index is 13.6. The minimum Gasteiger partial charge on any atom is -0.464 e. The highest BCUT2D eigenvalue weighted by atomic mass is 35.5. The molecule has 1 unspecified atom stereocenters. The monoisotopic (exact) mass is 430 g/mol. The quantitative estimate of drug-likeness (QED) is 0.301. The van der Waals surface area contributed by atoms with E-state index in [-0.39, 0.29) is 11.5 Å². The van der Waals surface area contributed by atoms with E-state index in [0.717, 1.165) is 11.1 Å². The number of rotatable bonds is 6. The normalized spacial score (nSPS) is 11.7. The standard InChI is InChI=1S/C25H19ClN2O3/c1-31-25(30)21-16-22(17-12-14-20(26)15-13-17)28(27-21)23(18-8-4-2-5-9-18)24(29)19-10-6-3-7-11-19/h2-16,23H,1H3. The van der Waals surface area contributed by atoms with Crippen LogP contribution in [-0.4, -0.2) is 28.6 Å². The first-order valence-corrected chi connectivity index (χ1v) is 10.0. The zero-order valence-electron chi connectivity index (χ0n) is 16.7. The first-order chi connectivity index (χ1) is 15.1. The smallest absolute Gasteiger partial charge is 0.358 e. The van der Waals surface area contributed by atoms with Crippen molar-refractivity contribution in [1.29, 1.82) is 0 Å². The number of ether oxygens (including phenoxy) is 1. The molecule has 0 radical (unpaired) electrons. The predicted octanol–water partition coefficient (Wildman–Crippen LogP) is 5.46. The van der Waals surface area contributed by atoms with Crippen LogP contribution in [-0.2, 0) is 4.74 Å². The molecular weight excluding hydrogens is 412 g/mol. The van der Waals surface area contributed by atoms with Crippen LogP contribution in [0, 0.1) is 0 Å². The largest absolute Gasteiger partial charge is 0.464 e. The number of hydrogen-bond acceptors (Lipinski definition) is 4. The molecule has 31 heavy (non-hydrogen) atoms. The van der Waals surface area contributed by atoms with Crippen molar-refractivity contribution in [3.05, 3.63) is 113 Å². The molecule has 0 aliphatic carbocycles. The molecule has 0 saturated heterocycles. The van der Waals surface area contributed by atoms with E-state index >= 15 is 0 Å². The van der Waals surface area contributed by atoms with Crippen molar-refractivity contribution in [3.8, 4) is 11.3 Å². The summed E-state index contributed by atoms with van der Waals surface area (Å²) in [5.74, 6) is -0.713. The number of benzene rings is 3. The third kappa shape index (κ3) is 4.27. The lowest BCUT2D eigenvalue weighted by Gasteiger charge is -2.20. The molecule has 1 aromatic heterocycles. The van der Waals surface area contributed by atoms with Gasteiger partial charge in [-0.15, -0.1) is 0 Å². The number of carbonyl (C=O) groups excluding carboxylic acids is 2. The number of carbonyl (C=O) groups is 2. The molecule has 0 aliphatic heterocycles. The number of ketones is 1. The van der Waals surface area contributed by atoms with Gasteiger partial charge in [-0.3, -0.25) is 4.79 Å². The predicted molar refractivity (Wildman–Crippen MR) is 119 cm³/mol. The number of halogens is 1. The van der Waals surface area contributed by atoms with E-state index in [4.69, 9.17) is 16.3 Å². The molecule has 0 aliphatic rings. The van der Waals surface area contributed by atoms with Crippen molar-refractivity contribution >= 4 is 23.4 Å². The molecule has 5 nitrogen and oxygen atoms in total. The molecular formula is C25H19ClN2O3. The summed E-state index contributed by atoms with van der Waals surface area (Å²) in [6, 6.07) is 26.4. The molecule has 0 spiro atoms. The molecule has 0 bridgehead atoms. The highest BCUT2D eigenvalue weighted by Crippen LogP contribution is 2.31. The summed E-state index contributed by atoms with van der Waals surface area (Å²) in [7, 11) is 1.30. The van der Waals surface area contributed by atoms with Gasteiger partial charge in [-0.05, 0) is 29.3 Å². The first-order valence-electron chi connectivity index (χ1n) is 9.66. The Balaban J connectivity index is 1.93. The summed E-state index contributed by atoms with van der Waals surface area (Å²) in [6.07, 6.45) is 0. The fourth-order valence-corrected chi connectivity index (χ4v) is 3.56. The van der Waals surface area contributed by atoms with E-state index in [0.29, 0.717) is 16.3 Å². The number of methoxy groups -OCH3 is 1. The second-order valence-electron chi connectivity index (χ2n) is 6.90. The van der Waals surface area contributed by atoms with Crippen molar-refractivity contribution in [2.24, 2.45) is 0 Å². The highest BCUT2D eigenvalue weighted by molar-refractivity contribution is 6.30. The summed E-state index contributed by atoms with van der Waals surface area (Å²) in [5.41, 5.74) is 2.80. The molecule has 4 rings (SSSR count). The van der Waals surface area contributed by atoms with Crippen LogP contribution in [0.1, 0.15) is 32.5 Å². The van der Waals surface area contributed by atoms with E-state index in [2.05, 4.69) is 5.10 Å². The number of hydrogen-bond donors (Lipinski definition) is 0. The fourth-order valence-electron chi connectivity index (χ4n) is 3.43. The Bertz CT molecular complexity index is 1200. The average Bonchev–Trinajstić information content (AvgIpc) is 3.25. The molecule has 1 heterocycles. The van der Waals surface area contributed by atoms with Gasteiger partial charge in [-0.25, -0.2) is 9.48 Å². The van der Waals surface area contributed by atoms with Crippen molar-refractivity contribution in [2.45, 2.75) is 6.04 Å². The molecule has 3 aromatic carbocycles. The van der Waals surface area contributed by atoms with Gasteiger partial charge in [0, 0.05) is 10.6 Å². The van der Waals surface area contributed by atoms with Gasteiger partial charge in [0.05, 0.1) is 12.8 Å². The summed E-state index contributed by atoms with van der Waals surface area (Å²) in [4.78, 5) is 25.9.